The van der Waals surface area contributed by atoms with E-state index >= 15 is 0 Å². The summed E-state index contributed by atoms with van der Waals surface area (Å²) < 4.78 is 5.49. The highest BCUT2D eigenvalue weighted by Crippen LogP contribution is 2.14. The predicted octanol–water partition coefficient (Wildman–Crippen LogP) is 3.12. The summed E-state index contributed by atoms with van der Waals surface area (Å²) in [6, 6.07) is 0.315. The predicted molar refractivity (Wildman–Crippen MR) is 63.6 cm³/mol. The molecule has 1 rings (SSSR count). The SMILES string of the molecule is CCCCC(CC)COc1ncnc(Cl)n1. The normalized spacial score (nSPS) is 12.4. The van der Waals surface area contributed by atoms with Crippen LogP contribution in [0.2, 0.25) is 5.28 Å². The Morgan fingerprint density at radius 3 is 2.81 bits per heavy atom. The summed E-state index contributed by atoms with van der Waals surface area (Å²) in [4.78, 5) is 11.5. The summed E-state index contributed by atoms with van der Waals surface area (Å²) in [5.41, 5.74) is 0. The van der Waals surface area contributed by atoms with Crippen molar-refractivity contribution in [1.82, 2.24) is 15.0 Å². The Labute approximate surface area is 101 Å². The smallest absolute Gasteiger partial charge is 0.320 e. The number of aromatic nitrogens is 3. The van der Waals surface area contributed by atoms with Gasteiger partial charge in [0, 0.05) is 0 Å². The summed E-state index contributed by atoms with van der Waals surface area (Å²) in [7, 11) is 0. The molecule has 4 nitrogen and oxygen atoms in total. The molecule has 0 aliphatic heterocycles. The van der Waals surface area contributed by atoms with Crippen molar-refractivity contribution < 1.29 is 4.74 Å². The van der Waals surface area contributed by atoms with Gasteiger partial charge < -0.3 is 4.74 Å². The third-order valence-corrected chi connectivity index (χ3v) is 2.69. The first-order chi connectivity index (χ1) is 7.76. The number of halogens is 1. The molecule has 0 N–H and O–H groups in total. The number of hydrogen-bond donors (Lipinski definition) is 0. The molecule has 90 valence electrons. The number of ether oxygens (including phenoxy) is 1. The second-order valence-corrected chi connectivity index (χ2v) is 4.10. The molecule has 16 heavy (non-hydrogen) atoms. The van der Waals surface area contributed by atoms with Crippen molar-refractivity contribution in [3.8, 4) is 6.01 Å². The highest BCUT2D eigenvalue weighted by molar-refractivity contribution is 6.28. The van der Waals surface area contributed by atoms with Gasteiger partial charge in [-0.05, 0) is 23.9 Å². The van der Waals surface area contributed by atoms with Crippen LogP contribution in [0.15, 0.2) is 6.33 Å². The Balaban J connectivity index is 2.37. The van der Waals surface area contributed by atoms with Crippen LogP contribution in [0.3, 0.4) is 0 Å². The van der Waals surface area contributed by atoms with Gasteiger partial charge in [-0.2, -0.15) is 9.97 Å². The minimum Gasteiger partial charge on any atom is -0.463 e. The van der Waals surface area contributed by atoms with Gasteiger partial charge in [-0.1, -0.05) is 33.1 Å². The Bertz CT molecular complexity index is 309. The lowest BCUT2D eigenvalue weighted by Gasteiger charge is -2.14. The lowest BCUT2D eigenvalue weighted by atomic mass is 10.0. The number of unbranched alkanes of at least 4 members (excludes halogenated alkanes) is 1. The molecule has 0 aliphatic rings. The second kappa shape index (κ2) is 7.39. The standard InChI is InChI=1S/C11H18ClN3O/c1-3-5-6-9(4-2)7-16-11-14-8-13-10(12)15-11/h8-9H,3-7H2,1-2H3. The largest absolute Gasteiger partial charge is 0.463 e. The summed E-state index contributed by atoms with van der Waals surface area (Å²) in [5.74, 6) is 0.565. The van der Waals surface area contributed by atoms with Gasteiger partial charge in [0.05, 0.1) is 6.61 Å². The van der Waals surface area contributed by atoms with Crippen LogP contribution in [-0.2, 0) is 0 Å². The molecule has 5 heteroatoms. The molecule has 0 saturated heterocycles. The molecule has 0 aromatic carbocycles. The van der Waals surface area contributed by atoms with Crippen molar-refractivity contribution in [3.05, 3.63) is 11.6 Å². The van der Waals surface area contributed by atoms with Crippen molar-refractivity contribution in [2.45, 2.75) is 39.5 Å². The lowest BCUT2D eigenvalue weighted by Crippen LogP contribution is -2.12. The van der Waals surface area contributed by atoms with Crippen LogP contribution in [0, 0.1) is 5.92 Å². The van der Waals surface area contributed by atoms with Crippen LogP contribution >= 0.6 is 11.6 Å². The third-order valence-electron chi connectivity index (χ3n) is 2.51. The maximum absolute atomic E-state index is 5.64. The van der Waals surface area contributed by atoms with Crippen molar-refractivity contribution in [2.75, 3.05) is 6.61 Å². The van der Waals surface area contributed by atoms with E-state index in [0.717, 1.165) is 6.42 Å². The van der Waals surface area contributed by atoms with Gasteiger partial charge in [0.15, 0.2) is 0 Å². The van der Waals surface area contributed by atoms with Crippen molar-refractivity contribution in [3.63, 3.8) is 0 Å². The fourth-order valence-electron chi connectivity index (χ4n) is 1.42. The number of rotatable bonds is 7. The van der Waals surface area contributed by atoms with E-state index in [0.29, 0.717) is 18.5 Å². The molecule has 1 aromatic heterocycles. The molecule has 1 aromatic rings. The van der Waals surface area contributed by atoms with Crippen LogP contribution < -0.4 is 4.74 Å². The quantitative estimate of drug-likeness (QED) is 0.738. The zero-order chi connectivity index (χ0) is 11.8. The first-order valence-corrected chi connectivity index (χ1v) is 6.11. The molecule has 0 amide bonds. The van der Waals surface area contributed by atoms with Crippen molar-refractivity contribution >= 4 is 11.6 Å². The molecule has 1 unspecified atom stereocenters. The average Bonchev–Trinajstić information content (AvgIpc) is 2.29. The fourth-order valence-corrected chi connectivity index (χ4v) is 1.54. The van der Waals surface area contributed by atoms with Gasteiger partial charge in [-0.25, -0.2) is 4.98 Å². The van der Waals surface area contributed by atoms with E-state index in [1.165, 1.54) is 25.6 Å². The first-order valence-electron chi connectivity index (χ1n) is 5.73. The Kier molecular flexibility index (Phi) is 6.08. The van der Waals surface area contributed by atoms with E-state index in [1.807, 2.05) is 0 Å². The van der Waals surface area contributed by atoms with Gasteiger partial charge >= 0.3 is 6.01 Å². The summed E-state index contributed by atoms with van der Waals surface area (Å²) >= 11 is 5.64. The zero-order valence-electron chi connectivity index (χ0n) is 9.82. The maximum atomic E-state index is 5.64. The highest BCUT2D eigenvalue weighted by Gasteiger charge is 2.08. The number of hydrogen-bond acceptors (Lipinski definition) is 4. The topological polar surface area (TPSA) is 47.9 Å². The van der Waals surface area contributed by atoms with E-state index in [1.54, 1.807) is 0 Å². The fraction of sp³-hybridized carbons (Fsp3) is 0.727. The Hall–Kier alpha value is -0.900. The maximum Gasteiger partial charge on any atom is 0.320 e. The minimum atomic E-state index is 0.173. The van der Waals surface area contributed by atoms with E-state index in [4.69, 9.17) is 16.3 Å². The van der Waals surface area contributed by atoms with E-state index in [-0.39, 0.29) is 5.28 Å². The summed E-state index contributed by atoms with van der Waals surface area (Å²) in [6.07, 6.45) is 6.11. The van der Waals surface area contributed by atoms with Gasteiger partial charge in [0.2, 0.25) is 5.28 Å². The second-order valence-electron chi connectivity index (χ2n) is 3.76. The van der Waals surface area contributed by atoms with Crippen molar-refractivity contribution in [1.29, 1.82) is 0 Å². The molecule has 0 spiro atoms. The molecular weight excluding hydrogens is 226 g/mol. The Morgan fingerprint density at radius 1 is 1.38 bits per heavy atom. The van der Waals surface area contributed by atoms with Crippen LogP contribution in [-0.4, -0.2) is 21.6 Å². The summed E-state index contributed by atoms with van der Waals surface area (Å²) in [5, 5.41) is 0.173. The summed E-state index contributed by atoms with van der Waals surface area (Å²) in [6.45, 7) is 5.01. The van der Waals surface area contributed by atoms with Gasteiger partial charge in [0.25, 0.3) is 0 Å². The van der Waals surface area contributed by atoms with E-state index in [9.17, 15) is 0 Å². The molecular formula is C11H18ClN3O. The molecule has 0 saturated carbocycles. The van der Waals surface area contributed by atoms with Crippen LogP contribution in [0.4, 0.5) is 0 Å². The number of nitrogens with zero attached hydrogens (tertiary/aromatic N) is 3. The molecule has 0 aliphatic carbocycles. The molecule has 0 fully saturated rings. The van der Waals surface area contributed by atoms with E-state index in [2.05, 4.69) is 28.8 Å². The lowest BCUT2D eigenvalue weighted by molar-refractivity contribution is 0.217. The van der Waals surface area contributed by atoms with Crippen LogP contribution in [0.25, 0.3) is 0 Å². The molecule has 0 radical (unpaired) electrons. The first kappa shape index (κ1) is 13.2. The van der Waals surface area contributed by atoms with E-state index < -0.39 is 0 Å². The average molecular weight is 244 g/mol. The highest BCUT2D eigenvalue weighted by atomic mass is 35.5. The molecule has 0 bridgehead atoms. The molecule has 1 heterocycles. The Morgan fingerprint density at radius 2 is 2.19 bits per heavy atom. The van der Waals surface area contributed by atoms with Crippen molar-refractivity contribution in [2.24, 2.45) is 5.92 Å². The minimum absolute atomic E-state index is 0.173. The third kappa shape index (κ3) is 4.75. The van der Waals surface area contributed by atoms with Crippen LogP contribution in [0.5, 0.6) is 6.01 Å². The van der Waals surface area contributed by atoms with Gasteiger partial charge in [-0.3, -0.25) is 0 Å². The monoisotopic (exact) mass is 243 g/mol. The van der Waals surface area contributed by atoms with Gasteiger partial charge in [-0.15, -0.1) is 0 Å². The zero-order valence-corrected chi connectivity index (χ0v) is 10.6. The van der Waals surface area contributed by atoms with Crippen LogP contribution in [0.1, 0.15) is 39.5 Å². The molecule has 1 atom stereocenters. The van der Waals surface area contributed by atoms with Gasteiger partial charge in [0.1, 0.15) is 6.33 Å².